The predicted octanol–water partition coefficient (Wildman–Crippen LogP) is 1.48. The number of nitrogens with zero attached hydrogens (tertiary/aromatic N) is 1. The topological polar surface area (TPSA) is 73.6 Å². The van der Waals surface area contributed by atoms with E-state index in [0.717, 1.165) is 19.0 Å². The molecule has 0 amide bonds. The van der Waals surface area contributed by atoms with Gasteiger partial charge in [0.05, 0.1) is 18.1 Å². The van der Waals surface area contributed by atoms with Crippen LogP contribution in [-0.2, 0) is 0 Å². The molecule has 1 N–H and O–H groups in total. The fraction of sp³-hybridized carbons (Fsp3) is 0.455. The van der Waals surface area contributed by atoms with Gasteiger partial charge in [0, 0.05) is 12.6 Å². The molecule has 1 heterocycles. The van der Waals surface area contributed by atoms with Crippen LogP contribution in [0.3, 0.4) is 0 Å². The minimum Gasteiger partial charge on any atom is -0.490 e. The molecule has 1 aromatic carbocycles. The molecule has 1 aromatic rings. The van der Waals surface area contributed by atoms with Crippen molar-refractivity contribution in [2.75, 3.05) is 20.2 Å². The highest BCUT2D eigenvalue weighted by atomic mass is 19.1. The number of nitro groups is 1. The molecule has 98 valence electrons. The molecule has 1 aliphatic rings. The zero-order valence-corrected chi connectivity index (χ0v) is 9.81. The predicted molar refractivity (Wildman–Crippen MR) is 61.5 cm³/mol. The molecule has 0 spiro atoms. The zero-order valence-electron chi connectivity index (χ0n) is 9.81. The Bertz CT molecular complexity index is 461. The van der Waals surface area contributed by atoms with Crippen LogP contribution < -0.4 is 14.8 Å². The van der Waals surface area contributed by atoms with E-state index < -0.39 is 16.4 Å². The highest BCUT2D eigenvalue weighted by Gasteiger charge is 2.23. The van der Waals surface area contributed by atoms with E-state index in [0.29, 0.717) is 6.54 Å². The van der Waals surface area contributed by atoms with Gasteiger partial charge in [0.1, 0.15) is 6.10 Å². The summed E-state index contributed by atoms with van der Waals surface area (Å²) in [6.45, 7) is 1.45. The van der Waals surface area contributed by atoms with Crippen molar-refractivity contribution in [1.29, 1.82) is 0 Å². The monoisotopic (exact) mass is 256 g/mol. The number of hydrogen-bond donors (Lipinski definition) is 1. The fourth-order valence-electron chi connectivity index (χ4n) is 1.83. The number of ether oxygens (including phenoxy) is 2. The summed E-state index contributed by atoms with van der Waals surface area (Å²) in [6, 6.07) is 2.03. The minimum absolute atomic E-state index is 0.0117. The first kappa shape index (κ1) is 12.6. The second kappa shape index (κ2) is 5.18. The van der Waals surface area contributed by atoms with Gasteiger partial charge in [0.25, 0.3) is 0 Å². The summed E-state index contributed by atoms with van der Waals surface area (Å²) in [5.74, 6) is -0.789. The molecule has 0 aliphatic carbocycles. The van der Waals surface area contributed by atoms with Gasteiger partial charge in [-0.05, 0) is 13.0 Å². The highest BCUT2D eigenvalue weighted by molar-refractivity contribution is 5.51. The Balaban J connectivity index is 2.27. The third-order valence-electron chi connectivity index (χ3n) is 2.74. The standard InChI is InChI=1S/C11H13FN2O4/c1-17-11-5-10(18-7-2-3-13-6-7)8(12)4-9(11)14(15)16/h4-5,7,13H,2-3,6H2,1H3. The summed E-state index contributed by atoms with van der Waals surface area (Å²) >= 11 is 0. The van der Waals surface area contributed by atoms with Crippen molar-refractivity contribution in [1.82, 2.24) is 5.32 Å². The first-order valence-corrected chi connectivity index (χ1v) is 5.51. The summed E-state index contributed by atoms with van der Waals surface area (Å²) in [5.41, 5.74) is -0.410. The van der Waals surface area contributed by atoms with Gasteiger partial charge in [-0.1, -0.05) is 0 Å². The molecule has 1 saturated heterocycles. The fourth-order valence-corrected chi connectivity index (χ4v) is 1.83. The van der Waals surface area contributed by atoms with Crippen molar-refractivity contribution < 1.29 is 18.8 Å². The molecule has 0 radical (unpaired) electrons. The van der Waals surface area contributed by atoms with E-state index in [1.165, 1.54) is 13.2 Å². The van der Waals surface area contributed by atoms with Gasteiger partial charge in [-0.3, -0.25) is 10.1 Å². The number of rotatable bonds is 4. The molecule has 2 rings (SSSR count). The van der Waals surface area contributed by atoms with Crippen molar-refractivity contribution in [2.24, 2.45) is 0 Å². The minimum atomic E-state index is -0.755. The molecule has 0 saturated carbocycles. The Morgan fingerprint density at radius 3 is 2.83 bits per heavy atom. The van der Waals surface area contributed by atoms with Crippen LogP contribution in [0.15, 0.2) is 12.1 Å². The molecular formula is C11H13FN2O4. The molecule has 0 bridgehead atoms. The van der Waals surface area contributed by atoms with Gasteiger partial charge in [-0.2, -0.15) is 0 Å². The van der Waals surface area contributed by atoms with Crippen LogP contribution in [0.25, 0.3) is 0 Å². The van der Waals surface area contributed by atoms with Crippen LogP contribution in [-0.4, -0.2) is 31.2 Å². The first-order chi connectivity index (χ1) is 8.61. The highest BCUT2D eigenvalue weighted by Crippen LogP contribution is 2.34. The Hall–Kier alpha value is -1.89. The first-order valence-electron chi connectivity index (χ1n) is 5.51. The van der Waals surface area contributed by atoms with E-state index in [1.807, 2.05) is 0 Å². The van der Waals surface area contributed by atoms with Crippen LogP contribution in [0.4, 0.5) is 10.1 Å². The van der Waals surface area contributed by atoms with Gasteiger partial charge in [-0.15, -0.1) is 0 Å². The average Bonchev–Trinajstić information content (AvgIpc) is 2.83. The van der Waals surface area contributed by atoms with Crippen LogP contribution in [0.5, 0.6) is 11.5 Å². The molecule has 1 aliphatic heterocycles. The van der Waals surface area contributed by atoms with Crippen LogP contribution in [0.1, 0.15) is 6.42 Å². The lowest BCUT2D eigenvalue weighted by atomic mass is 10.2. The van der Waals surface area contributed by atoms with E-state index in [2.05, 4.69) is 5.32 Å². The average molecular weight is 256 g/mol. The van der Waals surface area contributed by atoms with E-state index in [9.17, 15) is 14.5 Å². The SMILES string of the molecule is COc1cc(OC2CCNC2)c(F)cc1[N+](=O)[O-]. The molecular weight excluding hydrogens is 243 g/mol. The Labute approximate surface area is 103 Å². The molecule has 0 aromatic heterocycles. The lowest BCUT2D eigenvalue weighted by molar-refractivity contribution is -0.386. The van der Waals surface area contributed by atoms with Gasteiger partial charge >= 0.3 is 5.69 Å². The third kappa shape index (κ3) is 2.51. The maximum atomic E-state index is 13.7. The zero-order chi connectivity index (χ0) is 13.1. The van der Waals surface area contributed by atoms with Crippen molar-refractivity contribution >= 4 is 5.69 Å². The van der Waals surface area contributed by atoms with Crippen molar-refractivity contribution in [2.45, 2.75) is 12.5 Å². The summed E-state index contributed by atoms with van der Waals surface area (Å²) < 4.78 is 24.0. The summed E-state index contributed by atoms with van der Waals surface area (Å²) in [5, 5.41) is 13.8. The molecule has 1 fully saturated rings. The summed E-state index contributed by atoms with van der Waals surface area (Å²) in [4.78, 5) is 10.0. The van der Waals surface area contributed by atoms with Crippen molar-refractivity contribution in [3.63, 3.8) is 0 Å². The number of methoxy groups -OCH3 is 1. The van der Waals surface area contributed by atoms with Crippen molar-refractivity contribution in [3.05, 3.63) is 28.1 Å². The maximum absolute atomic E-state index is 13.7. The third-order valence-corrected chi connectivity index (χ3v) is 2.74. The van der Waals surface area contributed by atoms with E-state index in [1.54, 1.807) is 0 Å². The lowest BCUT2D eigenvalue weighted by Crippen LogP contribution is -2.20. The van der Waals surface area contributed by atoms with E-state index in [-0.39, 0.29) is 17.6 Å². The second-order valence-electron chi connectivity index (χ2n) is 3.94. The number of benzene rings is 1. The van der Waals surface area contributed by atoms with Gasteiger partial charge in [0.2, 0.25) is 5.75 Å². The van der Waals surface area contributed by atoms with Crippen LogP contribution >= 0.6 is 0 Å². The second-order valence-corrected chi connectivity index (χ2v) is 3.94. The number of nitro benzene ring substituents is 1. The van der Waals surface area contributed by atoms with E-state index >= 15 is 0 Å². The Morgan fingerprint density at radius 1 is 1.50 bits per heavy atom. The number of halogens is 1. The summed E-state index contributed by atoms with van der Waals surface area (Å²) in [7, 11) is 1.29. The Morgan fingerprint density at radius 2 is 2.28 bits per heavy atom. The largest absolute Gasteiger partial charge is 0.490 e. The van der Waals surface area contributed by atoms with Crippen molar-refractivity contribution in [3.8, 4) is 11.5 Å². The maximum Gasteiger partial charge on any atom is 0.314 e. The number of hydrogen-bond acceptors (Lipinski definition) is 5. The molecule has 7 heteroatoms. The molecule has 18 heavy (non-hydrogen) atoms. The molecule has 6 nitrogen and oxygen atoms in total. The van der Waals surface area contributed by atoms with Gasteiger partial charge in [0.15, 0.2) is 11.6 Å². The lowest BCUT2D eigenvalue weighted by Gasteiger charge is -2.14. The van der Waals surface area contributed by atoms with Crippen LogP contribution in [0.2, 0.25) is 0 Å². The van der Waals surface area contributed by atoms with E-state index in [4.69, 9.17) is 9.47 Å². The summed E-state index contributed by atoms with van der Waals surface area (Å²) in [6.07, 6.45) is 0.657. The van der Waals surface area contributed by atoms with Crippen LogP contribution in [0, 0.1) is 15.9 Å². The van der Waals surface area contributed by atoms with Gasteiger partial charge in [-0.25, -0.2) is 4.39 Å². The molecule has 1 atom stereocenters. The Kier molecular flexibility index (Phi) is 3.61. The molecule has 1 unspecified atom stereocenters. The number of nitrogens with one attached hydrogen (secondary N) is 1. The normalized spacial score (nSPS) is 18.7. The smallest absolute Gasteiger partial charge is 0.314 e. The quantitative estimate of drug-likeness (QED) is 0.652. The van der Waals surface area contributed by atoms with Gasteiger partial charge < -0.3 is 14.8 Å².